The van der Waals surface area contributed by atoms with Crippen LogP contribution in [0.25, 0.3) is 10.8 Å². The molecule has 0 aliphatic carbocycles. The van der Waals surface area contributed by atoms with Crippen molar-refractivity contribution in [1.29, 1.82) is 0 Å². The summed E-state index contributed by atoms with van der Waals surface area (Å²) in [7, 11) is 1.48. The number of fused-ring (bicyclic) bond motifs is 1. The summed E-state index contributed by atoms with van der Waals surface area (Å²) in [5.41, 5.74) is -0.827. The highest BCUT2D eigenvalue weighted by atomic mass is 16.6. The summed E-state index contributed by atoms with van der Waals surface area (Å²) in [6, 6.07) is 12.5. The fraction of sp³-hybridized carbons (Fsp3) is 0.531. The Morgan fingerprint density at radius 2 is 1.53 bits per heavy atom. The molecule has 11 nitrogen and oxygen atoms in total. The monoisotopic (exact) mass is 599 g/mol. The van der Waals surface area contributed by atoms with Crippen LogP contribution in [-0.2, 0) is 44.6 Å². The summed E-state index contributed by atoms with van der Waals surface area (Å²) in [5, 5.41) is 9.89. The van der Waals surface area contributed by atoms with Gasteiger partial charge in [0.25, 0.3) is 0 Å². The first-order valence-corrected chi connectivity index (χ1v) is 14.3. The van der Waals surface area contributed by atoms with Crippen LogP contribution in [0.5, 0.6) is 0 Å². The van der Waals surface area contributed by atoms with Gasteiger partial charge < -0.3 is 30.2 Å². The Morgan fingerprint density at radius 1 is 0.884 bits per heavy atom. The number of amides is 3. The van der Waals surface area contributed by atoms with Gasteiger partial charge in [-0.2, -0.15) is 0 Å². The first kappa shape index (κ1) is 35.2. The van der Waals surface area contributed by atoms with Gasteiger partial charge in [-0.3, -0.25) is 19.2 Å². The molecule has 3 atom stereocenters. The van der Waals surface area contributed by atoms with E-state index in [-0.39, 0.29) is 19.6 Å². The van der Waals surface area contributed by atoms with Crippen molar-refractivity contribution in [3.8, 4) is 0 Å². The third-order valence-electron chi connectivity index (χ3n) is 6.40. The quantitative estimate of drug-likeness (QED) is 0.235. The van der Waals surface area contributed by atoms with Crippen molar-refractivity contribution in [2.45, 2.75) is 72.6 Å². The summed E-state index contributed by atoms with van der Waals surface area (Å²) in [5.74, 6) is -4.06. The zero-order valence-corrected chi connectivity index (χ0v) is 26.4. The van der Waals surface area contributed by atoms with Crippen molar-refractivity contribution < 1.29 is 38.2 Å². The Morgan fingerprint density at radius 3 is 2.12 bits per heavy atom. The molecule has 0 bridgehead atoms. The fourth-order valence-corrected chi connectivity index (χ4v) is 4.34. The molecule has 3 amide bonds. The van der Waals surface area contributed by atoms with Gasteiger partial charge in [0.1, 0.15) is 24.9 Å². The van der Waals surface area contributed by atoms with Gasteiger partial charge in [0.2, 0.25) is 17.7 Å². The summed E-state index contributed by atoms with van der Waals surface area (Å²) in [4.78, 5) is 63.8. The molecule has 43 heavy (non-hydrogen) atoms. The largest absolute Gasteiger partial charge is 0.464 e. The number of esters is 2. The Balaban J connectivity index is 2.46. The maximum absolute atomic E-state index is 14.0. The van der Waals surface area contributed by atoms with Crippen LogP contribution in [0.2, 0.25) is 0 Å². The lowest BCUT2D eigenvalue weighted by atomic mass is 9.84. The standard InChI is InChI=1S/C32H45N3O8/c1-20(36)41-16-15-34-25(37)19-42-26(30(40)43-32(5,6)7)24(28(38)35-27(29(39)33-8)31(2,3)4)18-21-13-14-22-11-9-10-12-23(22)17-21/h9-14,17,24,26-27H,15-16,18-19H2,1-8H3,(H,33,39)(H,34,37)(H,35,38)/t24-,26+,27-/m1/s1. The molecule has 0 aliphatic rings. The Hall–Kier alpha value is -3.99. The lowest BCUT2D eigenvalue weighted by molar-refractivity contribution is -0.175. The molecule has 2 rings (SSSR count). The second kappa shape index (κ2) is 15.5. The van der Waals surface area contributed by atoms with Gasteiger partial charge >= 0.3 is 11.9 Å². The average molecular weight is 600 g/mol. The number of hydrogen-bond donors (Lipinski definition) is 3. The van der Waals surface area contributed by atoms with Crippen molar-refractivity contribution >= 4 is 40.4 Å². The van der Waals surface area contributed by atoms with Gasteiger partial charge in [0.15, 0.2) is 6.10 Å². The molecule has 2 aromatic rings. The molecule has 3 N–H and O–H groups in total. The van der Waals surface area contributed by atoms with Crippen LogP contribution >= 0.6 is 0 Å². The Labute approximate surface area is 253 Å². The normalized spacial score (nSPS) is 13.8. The second-order valence-electron chi connectivity index (χ2n) is 12.4. The summed E-state index contributed by atoms with van der Waals surface area (Å²) in [6.07, 6.45) is -1.44. The number of ether oxygens (including phenoxy) is 3. The van der Waals surface area contributed by atoms with Crippen LogP contribution in [0.4, 0.5) is 0 Å². The van der Waals surface area contributed by atoms with Gasteiger partial charge in [0, 0.05) is 14.0 Å². The first-order chi connectivity index (χ1) is 20.0. The van der Waals surface area contributed by atoms with E-state index in [2.05, 4.69) is 16.0 Å². The maximum Gasteiger partial charge on any atom is 0.336 e. The smallest absolute Gasteiger partial charge is 0.336 e. The van der Waals surface area contributed by atoms with Crippen LogP contribution in [0.1, 0.15) is 54.0 Å². The Kier molecular flexibility index (Phi) is 12.7. The van der Waals surface area contributed by atoms with E-state index < -0.39 is 65.3 Å². The molecule has 0 heterocycles. The number of carbonyl (C=O) groups excluding carboxylic acids is 5. The van der Waals surface area contributed by atoms with Crippen molar-refractivity contribution in [2.75, 3.05) is 26.8 Å². The van der Waals surface area contributed by atoms with Crippen LogP contribution in [0, 0.1) is 11.3 Å². The van der Waals surface area contributed by atoms with E-state index in [4.69, 9.17) is 14.2 Å². The molecule has 0 spiro atoms. The highest BCUT2D eigenvalue weighted by Crippen LogP contribution is 2.25. The predicted octanol–water partition coefficient (Wildman–Crippen LogP) is 2.68. The lowest BCUT2D eigenvalue weighted by Crippen LogP contribution is -2.56. The van der Waals surface area contributed by atoms with Gasteiger partial charge in [-0.05, 0) is 48.9 Å². The topological polar surface area (TPSA) is 149 Å². The third kappa shape index (κ3) is 11.7. The number of likely N-dealkylation sites (N-methyl/N-ethyl adjacent to an activating group) is 1. The van der Waals surface area contributed by atoms with E-state index >= 15 is 0 Å². The number of carbonyl (C=O) groups is 5. The van der Waals surface area contributed by atoms with E-state index in [1.54, 1.807) is 20.8 Å². The van der Waals surface area contributed by atoms with E-state index in [1.807, 2.05) is 63.2 Å². The fourth-order valence-electron chi connectivity index (χ4n) is 4.34. The number of rotatable bonds is 13. The minimum Gasteiger partial charge on any atom is -0.464 e. The van der Waals surface area contributed by atoms with Gasteiger partial charge in [-0.25, -0.2) is 4.79 Å². The van der Waals surface area contributed by atoms with Gasteiger partial charge in [-0.15, -0.1) is 0 Å². The van der Waals surface area contributed by atoms with Crippen LogP contribution in [0.15, 0.2) is 42.5 Å². The number of nitrogens with one attached hydrogen (secondary N) is 3. The molecule has 0 aromatic heterocycles. The molecule has 0 saturated carbocycles. The zero-order valence-electron chi connectivity index (χ0n) is 26.4. The molecule has 236 valence electrons. The molecular weight excluding hydrogens is 554 g/mol. The minimum absolute atomic E-state index is 0.0305. The summed E-state index contributed by atoms with van der Waals surface area (Å²) in [6.45, 7) is 11.2. The first-order valence-electron chi connectivity index (χ1n) is 14.3. The van der Waals surface area contributed by atoms with E-state index in [0.717, 1.165) is 16.3 Å². The van der Waals surface area contributed by atoms with Crippen LogP contribution in [-0.4, -0.2) is 74.2 Å². The lowest BCUT2D eigenvalue weighted by Gasteiger charge is -2.33. The number of hydrogen-bond acceptors (Lipinski definition) is 8. The molecule has 2 aromatic carbocycles. The average Bonchev–Trinajstić information content (AvgIpc) is 2.91. The summed E-state index contributed by atoms with van der Waals surface area (Å²) < 4.78 is 16.3. The number of benzene rings is 2. The van der Waals surface area contributed by atoms with E-state index in [0.29, 0.717) is 0 Å². The predicted molar refractivity (Wildman–Crippen MR) is 162 cm³/mol. The molecule has 0 saturated heterocycles. The molecule has 0 fully saturated rings. The maximum atomic E-state index is 14.0. The SMILES string of the molecule is CNC(=O)[C@@H](NC(=O)[C@H](Cc1ccc2ccccc2c1)[C@H](OCC(=O)NCCOC(C)=O)C(=O)OC(C)(C)C)C(C)(C)C. The summed E-state index contributed by atoms with van der Waals surface area (Å²) >= 11 is 0. The van der Waals surface area contributed by atoms with Crippen molar-refractivity contribution in [1.82, 2.24) is 16.0 Å². The molecule has 0 unspecified atom stereocenters. The highest BCUT2D eigenvalue weighted by Gasteiger charge is 2.41. The van der Waals surface area contributed by atoms with Crippen molar-refractivity contribution in [3.05, 3.63) is 48.0 Å². The van der Waals surface area contributed by atoms with Crippen molar-refractivity contribution in [3.63, 3.8) is 0 Å². The van der Waals surface area contributed by atoms with Crippen LogP contribution < -0.4 is 16.0 Å². The molecule has 0 radical (unpaired) electrons. The second-order valence-corrected chi connectivity index (χ2v) is 12.4. The van der Waals surface area contributed by atoms with Gasteiger partial charge in [0.05, 0.1) is 12.5 Å². The van der Waals surface area contributed by atoms with E-state index in [1.165, 1.54) is 14.0 Å². The third-order valence-corrected chi connectivity index (χ3v) is 6.40. The van der Waals surface area contributed by atoms with E-state index in [9.17, 15) is 24.0 Å². The van der Waals surface area contributed by atoms with Crippen LogP contribution in [0.3, 0.4) is 0 Å². The minimum atomic E-state index is -1.49. The highest BCUT2D eigenvalue weighted by molar-refractivity contribution is 5.92. The van der Waals surface area contributed by atoms with Gasteiger partial charge in [-0.1, -0.05) is 63.2 Å². The molecular formula is C32H45N3O8. The van der Waals surface area contributed by atoms with Crippen molar-refractivity contribution in [2.24, 2.45) is 11.3 Å². The molecule has 0 aliphatic heterocycles. The Bertz CT molecular complexity index is 1300. The molecule has 11 heteroatoms. The zero-order chi connectivity index (χ0) is 32.4.